The average Bonchev–Trinajstić information content (AvgIpc) is 3.65. The zero-order valence-electron chi connectivity index (χ0n) is 26.5. The number of rotatable bonds is 3. The van der Waals surface area contributed by atoms with Crippen molar-refractivity contribution >= 4 is 22.5 Å². The van der Waals surface area contributed by atoms with Crippen LogP contribution in [0.5, 0.6) is 0 Å². The molecule has 0 radical (unpaired) electrons. The largest absolute Gasteiger partial charge is 0.384 e. The number of benzene rings is 1. The Morgan fingerprint density at radius 1 is 0.932 bits per heavy atom. The molecule has 1 aliphatic carbocycles. The quantitative estimate of drug-likeness (QED) is 0.325. The summed E-state index contributed by atoms with van der Waals surface area (Å²) in [5.74, 6) is -0.618. The third-order valence-corrected chi connectivity index (χ3v) is 13.2. The van der Waals surface area contributed by atoms with Gasteiger partial charge < -0.3 is 14.8 Å². The lowest BCUT2D eigenvalue weighted by Crippen LogP contribution is -2.53. The Morgan fingerprint density at radius 2 is 1.77 bits per heavy atom. The van der Waals surface area contributed by atoms with Crippen molar-refractivity contribution in [2.75, 3.05) is 32.7 Å². The molecule has 4 atom stereocenters. The van der Waals surface area contributed by atoms with Crippen LogP contribution in [0.1, 0.15) is 101 Å². The van der Waals surface area contributed by atoms with Gasteiger partial charge in [-0.05, 0) is 106 Å². The summed E-state index contributed by atoms with van der Waals surface area (Å²) in [7, 11) is 0. The van der Waals surface area contributed by atoms with Gasteiger partial charge in [0, 0.05) is 59.5 Å². The number of fused-ring (bicyclic) bond motifs is 4. The van der Waals surface area contributed by atoms with E-state index in [1.54, 1.807) is 6.08 Å². The lowest BCUT2D eigenvalue weighted by Gasteiger charge is -2.57. The summed E-state index contributed by atoms with van der Waals surface area (Å²) in [4.78, 5) is 33.4. The number of aromatic nitrogens is 1. The van der Waals surface area contributed by atoms with Gasteiger partial charge in [-0.25, -0.2) is 0 Å². The van der Waals surface area contributed by atoms with Crippen LogP contribution in [-0.2, 0) is 16.0 Å². The van der Waals surface area contributed by atoms with Gasteiger partial charge in [-0.1, -0.05) is 32.0 Å². The molecule has 0 amide bonds. The fourth-order valence-electron chi connectivity index (χ4n) is 11.3. The van der Waals surface area contributed by atoms with E-state index in [2.05, 4.69) is 57.8 Å². The summed E-state index contributed by atoms with van der Waals surface area (Å²) in [5, 5.41) is 5.25. The third kappa shape index (κ3) is 3.47. The number of ketones is 2. The van der Waals surface area contributed by atoms with Gasteiger partial charge in [0.05, 0.1) is 23.4 Å². The van der Waals surface area contributed by atoms with Crippen LogP contribution in [0.4, 0.5) is 0 Å². The van der Waals surface area contributed by atoms with Crippen molar-refractivity contribution in [3.8, 4) is 0 Å². The van der Waals surface area contributed by atoms with Crippen LogP contribution in [0, 0.1) is 10.8 Å². The number of hydrogen-bond donors (Lipinski definition) is 1. The maximum absolute atomic E-state index is 14.1. The summed E-state index contributed by atoms with van der Waals surface area (Å²) in [6.45, 7) is 9.93. The second kappa shape index (κ2) is 9.69. The Labute approximate surface area is 261 Å². The fraction of sp³-hybridized carbons (Fsp3) is 0.579. The van der Waals surface area contributed by atoms with Gasteiger partial charge in [0.2, 0.25) is 11.6 Å². The molecule has 1 aromatic carbocycles. The van der Waals surface area contributed by atoms with Crippen molar-refractivity contribution in [3.63, 3.8) is 0 Å². The van der Waals surface area contributed by atoms with Gasteiger partial charge in [0.25, 0.3) is 0 Å². The van der Waals surface area contributed by atoms with Crippen LogP contribution in [0.2, 0.25) is 0 Å². The van der Waals surface area contributed by atoms with Crippen LogP contribution in [0.3, 0.4) is 0 Å². The molecular formula is C38H46N4O2. The second-order valence-corrected chi connectivity index (χ2v) is 14.9. The molecule has 6 aliphatic heterocycles. The van der Waals surface area contributed by atoms with Gasteiger partial charge in [0.15, 0.2) is 0 Å². The SMILES string of the molecule is CC[C@@]12CCCNC3=C(C(=O)C(=O)C=C3[C@H]3C[C@]4(CC)CCCN5CCc6c(n3c3ccccc63)[C@@H]54)C3=C1N(CCC2)CC3. The number of allylic oxidation sites excluding steroid dienone is 4. The van der Waals surface area contributed by atoms with E-state index in [9.17, 15) is 9.59 Å². The lowest BCUT2D eigenvalue weighted by molar-refractivity contribution is -0.131. The predicted molar refractivity (Wildman–Crippen MR) is 173 cm³/mol. The summed E-state index contributed by atoms with van der Waals surface area (Å²) in [6, 6.07) is 9.43. The van der Waals surface area contributed by atoms with Crippen LogP contribution in [0.15, 0.2) is 58.5 Å². The Bertz CT molecular complexity index is 1710. The Morgan fingerprint density at radius 3 is 2.64 bits per heavy atom. The summed E-state index contributed by atoms with van der Waals surface area (Å²) in [5.41, 5.74) is 9.94. The minimum absolute atomic E-state index is 0.0265. The molecule has 6 heteroatoms. The average molecular weight is 591 g/mol. The van der Waals surface area contributed by atoms with E-state index in [0.717, 1.165) is 88.0 Å². The minimum atomic E-state index is -0.326. The van der Waals surface area contributed by atoms with E-state index in [1.807, 2.05) is 0 Å². The van der Waals surface area contributed by atoms with E-state index >= 15 is 0 Å². The number of Topliss-reactive ketones (excluding diaryl/α,β-unsaturated/α-hetero) is 1. The van der Waals surface area contributed by atoms with Gasteiger partial charge in [0.1, 0.15) is 0 Å². The van der Waals surface area contributed by atoms with Crippen molar-refractivity contribution in [3.05, 3.63) is 69.7 Å². The first-order chi connectivity index (χ1) is 21.5. The molecule has 0 spiro atoms. The van der Waals surface area contributed by atoms with Gasteiger partial charge in [-0.3, -0.25) is 14.5 Å². The first-order valence-electron chi connectivity index (χ1n) is 17.6. The van der Waals surface area contributed by atoms with Crippen LogP contribution < -0.4 is 5.32 Å². The summed E-state index contributed by atoms with van der Waals surface area (Å²) < 4.78 is 2.64. The monoisotopic (exact) mass is 590 g/mol. The minimum Gasteiger partial charge on any atom is -0.384 e. The highest BCUT2D eigenvalue weighted by atomic mass is 16.2. The van der Waals surface area contributed by atoms with Crippen molar-refractivity contribution < 1.29 is 9.59 Å². The van der Waals surface area contributed by atoms with E-state index in [-0.39, 0.29) is 28.4 Å². The molecule has 2 fully saturated rings. The van der Waals surface area contributed by atoms with Crippen molar-refractivity contribution in [2.45, 2.75) is 96.6 Å². The number of carbonyl (C=O) groups excluding carboxylic acids is 2. The molecule has 2 aromatic rings. The molecule has 1 N–H and O–H groups in total. The van der Waals surface area contributed by atoms with Crippen LogP contribution >= 0.6 is 0 Å². The first kappa shape index (κ1) is 27.2. The van der Waals surface area contributed by atoms with Crippen molar-refractivity contribution in [1.82, 2.24) is 19.7 Å². The van der Waals surface area contributed by atoms with E-state index in [1.165, 1.54) is 65.7 Å². The zero-order valence-corrected chi connectivity index (χ0v) is 26.5. The third-order valence-electron chi connectivity index (χ3n) is 13.2. The van der Waals surface area contributed by atoms with E-state index in [4.69, 9.17) is 0 Å². The number of carbonyl (C=O) groups is 2. The van der Waals surface area contributed by atoms with Crippen molar-refractivity contribution in [2.24, 2.45) is 10.8 Å². The smallest absolute Gasteiger partial charge is 0.235 e. The molecule has 0 saturated carbocycles. The van der Waals surface area contributed by atoms with Crippen molar-refractivity contribution in [1.29, 1.82) is 0 Å². The first-order valence-corrected chi connectivity index (χ1v) is 17.6. The molecule has 9 rings (SSSR count). The maximum Gasteiger partial charge on any atom is 0.235 e. The van der Waals surface area contributed by atoms with E-state index < -0.39 is 0 Å². The van der Waals surface area contributed by atoms with Gasteiger partial charge >= 0.3 is 0 Å². The molecule has 0 bridgehead atoms. The molecule has 7 aliphatic rings. The predicted octanol–water partition coefficient (Wildman–Crippen LogP) is 6.54. The number of hydrogen-bond acceptors (Lipinski definition) is 5. The highest BCUT2D eigenvalue weighted by Gasteiger charge is 2.55. The Hall–Kier alpha value is -3.12. The van der Waals surface area contributed by atoms with Crippen LogP contribution in [0.25, 0.3) is 10.9 Å². The number of piperidine rings is 2. The number of nitrogens with zero attached hydrogens (tertiary/aromatic N) is 3. The number of nitrogens with one attached hydrogen (secondary N) is 1. The molecule has 6 nitrogen and oxygen atoms in total. The topological polar surface area (TPSA) is 57.6 Å². The van der Waals surface area contributed by atoms with Gasteiger partial charge in [-0.15, -0.1) is 0 Å². The number of para-hydroxylation sites is 1. The molecular weight excluding hydrogens is 544 g/mol. The molecule has 230 valence electrons. The maximum atomic E-state index is 14.1. The summed E-state index contributed by atoms with van der Waals surface area (Å²) in [6.07, 6.45) is 14.0. The Balaban J connectivity index is 1.30. The molecule has 0 unspecified atom stereocenters. The molecule has 2 saturated heterocycles. The summed E-state index contributed by atoms with van der Waals surface area (Å²) >= 11 is 0. The Kier molecular flexibility index (Phi) is 5.99. The molecule has 7 heterocycles. The molecule has 1 aromatic heterocycles. The highest BCUT2D eigenvalue weighted by molar-refractivity contribution is 6.49. The standard InChI is InChI=1S/C38H46N4O2/c1-3-37-14-7-17-39-32-27(22-30(43)34(44)31(32)26-13-21-40(35(26)37)18-8-15-37)29-23-38(4-2)16-9-19-41-20-12-25-24-10-5-6-11-28(24)42(29)33(25)36(38)41/h5-6,10-11,22,29,36,39H,3-4,7-9,12-21,23H2,1-2H3/t29-,36-,37+,38+/m1/s1. The zero-order chi connectivity index (χ0) is 29.8. The fourth-order valence-corrected chi connectivity index (χ4v) is 11.3. The molecule has 44 heavy (non-hydrogen) atoms. The second-order valence-electron chi connectivity index (χ2n) is 14.9. The normalized spacial score (nSPS) is 33.3. The van der Waals surface area contributed by atoms with Gasteiger partial charge in [-0.2, -0.15) is 0 Å². The van der Waals surface area contributed by atoms with E-state index in [0.29, 0.717) is 6.04 Å². The van der Waals surface area contributed by atoms with Crippen LogP contribution in [-0.4, -0.2) is 58.7 Å². The highest BCUT2D eigenvalue weighted by Crippen LogP contribution is 2.62. The lowest BCUT2D eigenvalue weighted by atomic mass is 9.62.